The second-order valence-electron chi connectivity index (χ2n) is 7.32. The molecule has 0 saturated carbocycles. The lowest BCUT2D eigenvalue weighted by Crippen LogP contribution is -2.38. The number of ether oxygens (including phenoxy) is 2. The summed E-state index contributed by atoms with van der Waals surface area (Å²) >= 11 is 0. The maximum atomic E-state index is 13.7. The number of rotatable bonds is 6. The van der Waals surface area contributed by atoms with Gasteiger partial charge in [0.1, 0.15) is 18.2 Å². The van der Waals surface area contributed by atoms with E-state index in [1.165, 1.54) is 42.5 Å². The van der Waals surface area contributed by atoms with Crippen molar-refractivity contribution in [2.24, 2.45) is 0 Å². The fourth-order valence-electron chi connectivity index (χ4n) is 3.45. The first-order chi connectivity index (χ1) is 16.3. The van der Waals surface area contributed by atoms with Crippen molar-refractivity contribution in [2.75, 3.05) is 29.4 Å². The molecule has 8 nitrogen and oxygen atoms in total. The Bertz CT molecular complexity index is 1340. The van der Waals surface area contributed by atoms with Crippen molar-refractivity contribution in [3.8, 4) is 5.75 Å². The Labute approximate surface area is 196 Å². The van der Waals surface area contributed by atoms with Crippen LogP contribution in [0, 0.1) is 5.82 Å². The van der Waals surface area contributed by atoms with E-state index in [9.17, 15) is 22.4 Å². The van der Waals surface area contributed by atoms with Crippen LogP contribution in [-0.2, 0) is 14.8 Å². The average Bonchev–Trinajstić information content (AvgIpc) is 2.84. The minimum absolute atomic E-state index is 0.00619. The molecule has 0 radical (unpaired) electrons. The van der Waals surface area contributed by atoms with E-state index in [0.717, 1.165) is 16.4 Å². The van der Waals surface area contributed by atoms with Crippen LogP contribution in [-0.4, -0.2) is 40.1 Å². The molecule has 0 unspecified atom stereocenters. The Morgan fingerprint density at radius 1 is 1.06 bits per heavy atom. The maximum Gasteiger partial charge on any atom is 0.338 e. The minimum atomic E-state index is -4.08. The van der Waals surface area contributed by atoms with Gasteiger partial charge in [-0.2, -0.15) is 0 Å². The molecule has 1 aliphatic rings. The molecule has 176 valence electrons. The van der Waals surface area contributed by atoms with Gasteiger partial charge in [0.05, 0.1) is 29.3 Å². The highest BCUT2D eigenvalue weighted by atomic mass is 32.2. The summed E-state index contributed by atoms with van der Waals surface area (Å²) in [5.74, 6) is -1.33. The molecule has 10 heteroatoms. The average molecular weight is 485 g/mol. The molecule has 0 bridgehead atoms. The molecule has 0 spiro atoms. The lowest BCUT2D eigenvalue weighted by molar-refractivity contribution is 0.0526. The first-order valence-corrected chi connectivity index (χ1v) is 11.9. The minimum Gasteiger partial charge on any atom is -0.489 e. The molecule has 0 aromatic heterocycles. The topological polar surface area (TPSA) is 102 Å². The van der Waals surface area contributed by atoms with Crippen LogP contribution in [0.5, 0.6) is 5.75 Å². The van der Waals surface area contributed by atoms with Crippen LogP contribution >= 0.6 is 0 Å². The van der Waals surface area contributed by atoms with Crippen LogP contribution < -0.4 is 14.4 Å². The second-order valence-corrected chi connectivity index (χ2v) is 9.18. The van der Waals surface area contributed by atoms with E-state index in [2.05, 4.69) is 5.32 Å². The third-order valence-electron chi connectivity index (χ3n) is 5.08. The summed E-state index contributed by atoms with van der Waals surface area (Å²) in [4.78, 5) is 24.4. The normalized spacial score (nSPS) is 12.9. The molecule has 0 fully saturated rings. The molecular weight excluding hydrogens is 463 g/mol. The summed E-state index contributed by atoms with van der Waals surface area (Å²) < 4.78 is 51.6. The highest BCUT2D eigenvalue weighted by Gasteiger charge is 2.31. The highest BCUT2D eigenvalue weighted by Crippen LogP contribution is 2.36. The number of benzene rings is 3. The molecule has 1 amide bonds. The summed E-state index contributed by atoms with van der Waals surface area (Å²) in [5.41, 5.74) is 1.17. The number of esters is 1. The largest absolute Gasteiger partial charge is 0.489 e. The van der Waals surface area contributed by atoms with Crippen molar-refractivity contribution in [1.29, 1.82) is 0 Å². The van der Waals surface area contributed by atoms with Crippen molar-refractivity contribution in [3.05, 3.63) is 83.7 Å². The second kappa shape index (κ2) is 9.52. The summed E-state index contributed by atoms with van der Waals surface area (Å²) in [6.07, 6.45) is 0. The van der Waals surface area contributed by atoms with Crippen LogP contribution in [0.25, 0.3) is 0 Å². The lowest BCUT2D eigenvalue weighted by atomic mass is 10.1. The van der Waals surface area contributed by atoms with Crippen LogP contribution in [0.2, 0.25) is 0 Å². The molecule has 3 aromatic rings. The standard InChI is InChI=1S/C24H21FN2O6S/c1-2-32-24(29)16-6-9-19(10-7-16)26-23(28)17-8-11-22-21(14-17)27(12-13-33-22)34(30,31)20-5-3-4-18(25)15-20/h3-11,14-15H,2,12-13H2,1H3,(H,26,28). The van der Waals surface area contributed by atoms with Crippen molar-refractivity contribution in [3.63, 3.8) is 0 Å². The predicted octanol–water partition coefficient (Wildman–Crippen LogP) is 3.84. The van der Waals surface area contributed by atoms with E-state index >= 15 is 0 Å². The molecule has 0 aliphatic carbocycles. The van der Waals surface area contributed by atoms with E-state index < -0.39 is 27.7 Å². The third-order valence-corrected chi connectivity index (χ3v) is 6.89. The number of hydrogen-bond acceptors (Lipinski definition) is 6. The number of halogens is 1. The van der Waals surface area contributed by atoms with Crippen LogP contribution in [0.4, 0.5) is 15.8 Å². The lowest BCUT2D eigenvalue weighted by Gasteiger charge is -2.30. The Kier molecular flexibility index (Phi) is 6.51. The maximum absolute atomic E-state index is 13.7. The van der Waals surface area contributed by atoms with Crippen molar-refractivity contribution in [1.82, 2.24) is 0 Å². The summed E-state index contributed by atoms with van der Waals surface area (Å²) in [6, 6.07) is 15.4. The molecule has 34 heavy (non-hydrogen) atoms. The smallest absolute Gasteiger partial charge is 0.338 e. The van der Waals surface area contributed by atoms with Gasteiger partial charge in [0.2, 0.25) is 0 Å². The van der Waals surface area contributed by atoms with E-state index in [1.54, 1.807) is 19.1 Å². The zero-order valence-electron chi connectivity index (χ0n) is 18.2. The van der Waals surface area contributed by atoms with Gasteiger partial charge in [-0.15, -0.1) is 0 Å². The van der Waals surface area contributed by atoms with Crippen LogP contribution in [0.15, 0.2) is 71.6 Å². The number of nitrogens with zero attached hydrogens (tertiary/aromatic N) is 1. The number of nitrogens with one attached hydrogen (secondary N) is 1. The van der Waals surface area contributed by atoms with Crippen molar-refractivity contribution >= 4 is 33.3 Å². The van der Waals surface area contributed by atoms with Gasteiger partial charge >= 0.3 is 5.97 Å². The monoisotopic (exact) mass is 484 g/mol. The number of fused-ring (bicyclic) bond motifs is 1. The quantitative estimate of drug-likeness (QED) is 0.534. The summed E-state index contributed by atoms with van der Waals surface area (Å²) in [6.45, 7) is 2.08. The van der Waals surface area contributed by atoms with Gasteiger partial charge in [-0.1, -0.05) is 6.07 Å². The van der Waals surface area contributed by atoms with E-state index in [-0.39, 0.29) is 35.9 Å². The Balaban J connectivity index is 1.59. The Morgan fingerprint density at radius 2 is 1.79 bits per heavy atom. The van der Waals surface area contributed by atoms with Gasteiger partial charge in [-0.05, 0) is 67.6 Å². The fraction of sp³-hybridized carbons (Fsp3) is 0.167. The molecule has 1 N–H and O–H groups in total. The zero-order chi connectivity index (χ0) is 24.3. The van der Waals surface area contributed by atoms with E-state index in [1.807, 2.05) is 0 Å². The van der Waals surface area contributed by atoms with Crippen molar-refractivity contribution in [2.45, 2.75) is 11.8 Å². The van der Waals surface area contributed by atoms with Gasteiger partial charge in [-0.25, -0.2) is 17.6 Å². The van der Waals surface area contributed by atoms with Crippen LogP contribution in [0.3, 0.4) is 0 Å². The molecule has 1 heterocycles. The number of carbonyl (C=O) groups is 2. The SMILES string of the molecule is CCOC(=O)c1ccc(NC(=O)c2ccc3c(c2)N(S(=O)(=O)c2cccc(F)c2)CCO3)cc1. The van der Waals surface area contributed by atoms with Crippen molar-refractivity contribution < 1.29 is 31.9 Å². The fourth-order valence-corrected chi connectivity index (χ4v) is 4.93. The highest BCUT2D eigenvalue weighted by molar-refractivity contribution is 7.92. The Hall–Kier alpha value is -3.92. The number of carbonyl (C=O) groups excluding carboxylic acids is 2. The van der Waals surface area contributed by atoms with Gasteiger partial charge in [-0.3, -0.25) is 9.10 Å². The first kappa shape index (κ1) is 23.2. The van der Waals surface area contributed by atoms with E-state index in [0.29, 0.717) is 17.0 Å². The predicted molar refractivity (Wildman–Crippen MR) is 123 cm³/mol. The molecular formula is C24H21FN2O6S. The molecule has 4 rings (SSSR count). The van der Waals surface area contributed by atoms with Gasteiger partial charge in [0.25, 0.3) is 15.9 Å². The number of amides is 1. The molecule has 3 aromatic carbocycles. The third kappa shape index (κ3) is 4.72. The number of sulfonamides is 1. The van der Waals surface area contributed by atoms with Gasteiger partial charge in [0.15, 0.2) is 0 Å². The van der Waals surface area contributed by atoms with Gasteiger partial charge < -0.3 is 14.8 Å². The molecule has 1 aliphatic heterocycles. The van der Waals surface area contributed by atoms with Crippen LogP contribution in [0.1, 0.15) is 27.6 Å². The van der Waals surface area contributed by atoms with E-state index in [4.69, 9.17) is 9.47 Å². The molecule has 0 saturated heterocycles. The zero-order valence-corrected chi connectivity index (χ0v) is 19.0. The number of hydrogen-bond donors (Lipinski definition) is 1. The summed E-state index contributed by atoms with van der Waals surface area (Å²) in [7, 11) is -4.08. The number of anilines is 2. The first-order valence-electron chi connectivity index (χ1n) is 10.4. The Morgan fingerprint density at radius 3 is 2.50 bits per heavy atom. The van der Waals surface area contributed by atoms with Gasteiger partial charge in [0, 0.05) is 11.3 Å². The summed E-state index contributed by atoms with van der Waals surface area (Å²) in [5, 5.41) is 2.71. The molecule has 0 atom stereocenters.